The Labute approximate surface area is 220 Å². The van der Waals surface area contributed by atoms with E-state index in [9.17, 15) is 28.8 Å². The number of aliphatic hydroxyl groups excluding tert-OH is 4. The Kier molecular flexibility index (Phi) is 10.9. The van der Waals surface area contributed by atoms with Gasteiger partial charge in [-0.15, -0.1) is 3.77 Å². The van der Waals surface area contributed by atoms with E-state index in [-0.39, 0.29) is 18.0 Å². The fraction of sp³-hybridized carbons (Fsp3) is 0.583. The summed E-state index contributed by atoms with van der Waals surface area (Å²) < 4.78 is 29.9. The quantitative estimate of drug-likeness (QED) is 0.234. The highest BCUT2D eigenvalue weighted by atomic mass is 32.3. The number of aliphatic hydroxyl groups is 4. The summed E-state index contributed by atoms with van der Waals surface area (Å²) in [6.45, 7) is 1.07. The van der Waals surface area contributed by atoms with Crippen LogP contribution in [-0.2, 0) is 20.7 Å². The van der Waals surface area contributed by atoms with Gasteiger partial charge in [-0.05, 0) is 56.2 Å². The van der Waals surface area contributed by atoms with E-state index in [1.165, 1.54) is 0 Å². The number of unbranched alkanes of at least 4 members (excludes halogenated alkanes) is 3. The van der Waals surface area contributed by atoms with Crippen molar-refractivity contribution in [2.75, 3.05) is 44.1 Å². The molecule has 13 heteroatoms. The predicted molar refractivity (Wildman–Crippen MR) is 144 cm³/mol. The van der Waals surface area contributed by atoms with E-state index in [0.29, 0.717) is 30.2 Å². The van der Waals surface area contributed by atoms with Gasteiger partial charge in [-0.2, -0.15) is 8.42 Å². The molecule has 3 rings (SSSR count). The predicted octanol–water partition coefficient (Wildman–Crippen LogP) is 0.625. The maximum absolute atomic E-state index is 13.0. The van der Waals surface area contributed by atoms with Crippen molar-refractivity contribution in [3.05, 3.63) is 36.7 Å². The van der Waals surface area contributed by atoms with Crippen LogP contribution < -0.4 is 5.32 Å². The van der Waals surface area contributed by atoms with Gasteiger partial charge in [0.15, 0.2) is 5.82 Å². The number of nitrogens with one attached hydrogen (secondary N) is 1. The Bertz CT molecular complexity index is 1150. The topological polar surface area (TPSA) is 168 Å². The minimum atomic E-state index is -3.87. The largest absolute Gasteiger partial charge is 0.395 e. The Morgan fingerprint density at radius 2 is 1.78 bits per heavy atom. The first kappa shape index (κ1) is 29.6. The standard InChI is InChI=1S/C24H37N5O6S2/c1-36(2)28-37(34,35)21-14-17(24-26-11-7-12-27-24)8-9-18(21)25-10-5-3-4-6-13-29-15-20(31)23(33)22(32)19(29)16-30/h7-9,11-12,14,19-20,22-23,25,30-33H,3-6,10,13,15-16H2,1-2H3/t19-,20+,22-,23-/m1/s1. The second-order valence-corrected chi connectivity index (χ2v) is 12.8. The number of β-amino-alcohol motifs (C(OH)–C–C–N with tert-alkyl or cyclic N) is 1. The number of rotatable bonds is 12. The third-order valence-electron chi connectivity index (χ3n) is 6.23. The summed E-state index contributed by atoms with van der Waals surface area (Å²) in [5.41, 5.74) is 1.07. The molecule has 5 N–H and O–H groups in total. The van der Waals surface area contributed by atoms with Crippen LogP contribution in [0.3, 0.4) is 0 Å². The van der Waals surface area contributed by atoms with Crippen LogP contribution in [0.1, 0.15) is 25.7 Å². The minimum absolute atomic E-state index is 0.0955. The lowest BCUT2D eigenvalue weighted by Crippen LogP contribution is -2.62. The molecule has 0 amide bonds. The van der Waals surface area contributed by atoms with Gasteiger partial charge < -0.3 is 25.7 Å². The van der Waals surface area contributed by atoms with Crippen LogP contribution in [0.15, 0.2) is 45.3 Å². The van der Waals surface area contributed by atoms with E-state index in [0.717, 1.165) is 25.7 Å². The summed E-state index contributed by atoms with van der Waals surface area (Å²) in [7, 11) is -4.53. The summed E-state index contributed by atoms with van der Waals surface area (Å²) in [5.74, 6) is 0.434. The van der Waals surface area contributed by atoms with Gasteiger partial charge in [-0.3, -0.25) is 4.90 Å². The van der Waals surface area contributed by atoms with Crippen LogP contribution >= 0.6 is 0 Å². The van der Waals surface area contributed by atoms with Crippen LogP contribution in [0.5, 0.6) is 0 Å². The first-order valence-electron chi connectivity index (χ1n) is 12.2. The van der Waals surface area contributed by atoms with E-state index in [2.05, 4.69) is 19.1 Å². The first-order valence-corrected chi connectivity index (χ1v) is 15.7. The number of benzene rings is 1. The maximum atomic E-state index is 13.0. The second-order valence-electron chi connectivity index (χ2n) is 9.24. The van der Waals surface area contributed by atoms with Crippen molar-refractivity contribution in [2.24, 2.45) is 3.77 Å². The molecule has 0 radical (unpaired) electrons. The molecule has 1 aromatic heterocycles. The normalized spacial score (nSPS) is 22.8. The molecule has 0 aliphatic carbocycles. The van der Waals surface area contributed by atoms with Crippen molar-refractivity contribution in [3.8, 4) is 11.4 Å². The molecule has 1 saturated heterocycles. The van der Waals surface area contributed by atoms with Crippen molar-refractivity contribution in [1.82, 2.24) is 14.9 Å². The molecular weight excluding hydrogens is 518 g/mol. The van der Waals surface area contributed by atoms with Crippen LogP contribution in [-0.4, -0.2) is 107 Å². The number of likely N-dealkylation sites (tertiary alicyclic amines) is 1. The molecule has 0 bridgehead atoms. The van der Waals surface area contributed by atoms with Gasteiger partial charge in [0.1, 0.15) is 17.1 Å². The number of aromatic nitrogens is 2. The number of anilines is 1. The molecule has 1 aliphatic rings. The molecule has 4 atom stereocenters. The zero-order valence-corrected chi connectivity index (χ0v) is 22.8. The highest BCUT2D eigenvalue weighted by molar-refractivity contribution is 7.99. The summed E-state index contributed by atoms with van der Waals surface area (Å²) >= 11 is 0. The summed E-state index contributed by atoms with van der Waals surface area (Å²) in [6.07, 6.45) is 6.56. The number of hydrogen-bond acceptors (Lipinski definition) is 10. The highest BCUT2D eigenvalue weighted by Gasteiger charge is 2.40. The van der Waals surface area contributed by atoms with E-state index < -0.39 is 45.1 Å². The lowest BCUT2D eigenvalue weighted by molar-refractivity contribution is -0.145. The van der Waals surface area contributed by atoms with Crippen LogP contribution in [0.2, 0.25) is 0 Å². The van der Waals surface area contributed by atoms with Crippen LogP contribution in [0, 0.1) is 0 Å². The molecule has 0 saturated carbocycles. The van der Waals surface area contributed by atoms with Gasteiger partial charge >= 0.3 is 0 Å². The van der Waals surface area contributed by atoms with Crippen molar-refractivity contribution in [2.45, 2.75) is 54.9 Å². The molecule has 1 aliphatic heterocycles. The lowest BCUT2D eigenvalue weighted by atomic mass is 9.94. The average molecular weight is 556 g/mol. The second kappa shape index (κ2) is 13.7. The summed E-state index contributed by atoms with van der Waals surface area (Å²) in [5, 5.41) is 42.6. The number of hydrogen-bond donors (Lipinski definition) is 5. The third-order valence-corrected chi connectivity index (χ3v) is 9.11. The van der Waals surface area contributed by atoms with E-state index >= 15 is 0 Å². The smallest absolute Gasteiger partial charge is 0.289 e. The van der Waals surface area contributed by atoms with Crippen molar-refractivity contribution < 1.29 is 28.8 Å². The van der Waals surface area contributed by atoms with Crippen molar-refractivity contribution in [1.29, 1.82) is 0 Å². The fourth-order valence-electron chi connectivity index (χ4n) is 4.36. The third kappa shape index (κ3) is 7.99. The molecule has 0 unspecified atom stereocenters. The fourth-order valence-corrected chi connectivity index (χ4v) is 6.94. The van der Waals surface area contributed by atoms with Gasteiger partial charge in [-0.1, -0.05) is 23.5 Å². The SMILES string of the molecule is CS(C)=NS(=O)(=O)c1cc(-c2ncccn2)ccc1NCCCCCCN1C[C@H](O)[C@@H](O)[C@H](O)[C@H]1CO. The van der Waals surface area contributed by atoms with Gasteiger partial charge in [0.2, 0.25) is 0 Å². The molecule has 1 fully saturated rings. The first-order chi connectivity index (χ1) is 17.6. The molecule has 2 aromatic rings. The Balaban J connectivity index is 1.55. The zero-order chi connectivity index (χ0) is 27.0. The van der Waals surface area contributed by atoms with Gasteiger partial charge in [-0.25, -0.2) is 9.97 Å². The summed E-state index contributed by atoms with van der Waals surface area (Å²) in [6, 6.07) is 6.15. The van der Waals surface area contributed by atoms with E-state index in [1.54, 1.807) is 49.2 Å². The Morgan fingerprint density at radius 3 is 2.46 bits per heavy atom. The molecule has 2 heterocycles. The molecular formula is C24H37N5O6S2. The van der Waals surface area contributed by atoms with Crippen molar-refractivity contribution >= 4 is 26.4 Å². The number of nitrogens with zero attached hydrogens (tertiary/aromatic N) is 4. The van der Waals surface area contributed by atoms with Gasteiger partial charge in [0, 0.05) is 31.0 Å². The van der Waals surface area contributed by atoms with Crippen LogP contribution in [0.4, 0.5) is 5.69 Å². The van der Waals surface area contributed by atoms with Crippen LogP contribution in [0.25, 0.3) is 11.4 Å². The van der Waals surface area contributed by atoms with Gasteiger partial charge in [0.25, 0.3) is 10.0 Å². The molecule has 11 nitrogen and oxygen atoms in total. The maximum Gasteiger partial charge on any atom is 0.289 e. The Morgan fingerprint density at radius 1 is 1.08 bits per heavy atom. The van der Waals surface area contributed by atoms with E-state index in [1.807, 2.05) is 4.90 Å². The lowest BCUT2D eigenvalue weighted by Gasteiger charge is -2.43. The number of piperidine rings is 1. The average Bonchev–Trinajstić information content (AvgIpc) is 2.86. The molecule has 0 spiro atoms. The highest BCUT2D eigenvalue weighted by Crippen LogP contribution is 2.29. The Hall–Kier alpha value is -2.00. The molecule has 1 aromatic carbocycles. The zero-order valence-electron chi connectivity index (χ0n) is 21.1. The number of sulfonamides is 1. The minimum Gasteiger partial charge on any atom is -0.395 e. The summed E-state index contributed by atoms with van der Waals surface area (Å²) in [4.78, 5) is 10.3. The van der Waals surface area contributed by atoms with Gasteiger partial charge in [0.05, 0.1) is 24.4 Å². The molecule has 206 valence electrons. The monoisotopic (exact) mass is 555 g/mol. The molecule has 37 heavy (non-hydrogen) atoms. The van der Waals surface area contributed by atoms with E-state index in [4.69, 9.17) is 0 Å². The van der Waals surface area contributed by atoms with Crippen molar-refractivity contribution in [3.63, 3.8) is 0 Å².